The van der Waals surface area contributed by atoms with Crippen LogP contribution in [0.15, 0.2) is 6.20 Å². The van der Waals surface area contributed by atoms with E-state index in [9.17, 15) is 0 Å². The summed E-state index contributed by atoms with van der Waals surface area (Å²) < 4.78 is 11.1. The van der Waals surface area contributed by atoms with Crippen molar-refractivity contribution in [2.24, 2.45) is 5.92 Å². The molecule has 0 bridgehead atoms. The molecular formula is C16H26N2O2. The molecule has 2 rings (SSSR count). The zero-order chi connectivity index (χ0) is 14.5. The molecule has 20 heavy (non-hydrogen) atoms. The van der Waals surface area contributed by atoms with Gasteiger partial charge in [0, 0.05) is 41.6 Å². The highest BCUT2D eigenvalue weighted by Crippen LogP contribution is 2.27. The molecule has 0 amide bonds. The van der Waals surface area contributed by atoms with Crippen molar-refractivity contribution in [1.82, 2.24) is 10.3 Å². The van der Waals surface area contributed by atoms with Crippen molar-refractivity contribution < 1.29 is 9.47 Å². The molecule has 1 saturated heterocycles. The average molecular weight is 278 g/mol. The Morgan fingerprint density at radius 3 is 2.95 bits per heavy atom. The molecule has 2 heterocycles. The van der Waals surface area contributed by atoms with Gasteiger partial charge in [-0.3, -0.25) is 4.98 Å². The van der Waals surface area contributed by atoms with Crippen LogP contribution in [-0.2, 0) is 11.2 Å². The van der Waals surface area contributed by atoms with Gasteiger partial charge in [0.25, 0.3) is 0 Å². The summed E-state index contributed by atoms with van der Waals surface area (Å²) in [5.74, 6) is 1.45. The maximum atomic E-state index is 5.65. The number of aryl methyl sites for hydroxylation is 1. The van der Waals surface area contributed by atoms with Crippen molar-refractivity contribution in [2.45, 2.75) is 39.7 Å². The van der Waals surface area contributed by atoms with E-state index in [4.69, 9.17) is 9.47 Å². The molecule has 1 fully saturated rings. The van der Waals surface area contributed by atoms with Gasteiger partial charge in [-0.15, -0.1) is 0 Å². The summed E-state index contributed by atoms with van der Waals surface area (Å²) in [5.41, 5.74) is 3.39. The number of aromatic nitrogens is 1. The first-order valence-electron chi connectivity index (χ1n) is 7.47. The lowest BCUT2D eigenvalue weighted by Gasteiger charge is -2.32. The lowest BCUT2D eigenvalue weighted by atomic mass is 9.89. The predicted molar refractivity (Wildman–Crippen MR) is 80.4 cm³/mol. The normalized spacial score (nSPS) is 22.8. The first kappa shape index (κ1) is 15.3. The van der Waals surface area contributed by atoms with E-state index in [1.54, 1.807) is 7.11 Å². The zero-order valence-corrected chi connectivity index (χ0v) is 13.0. The molecule has 1 aromatic rings. The Labute approximate surface area is 121 Å². The molecule has 1 aromatic heterocycles. The first-order chi connectivity index (χ1) is 9.67. The van der Waals surface area contributed by atoms with Gasteiger partial charge in [0.05, 0.1) is 13.7 Å². The number of nitrogens with one attached hydrogen (secondary N) is 1. The number of pyridine rings is 1. The molecule has 1 aliphatic rings. The Morgan fingerprint density at radius 2 is 2.25 bits per heavy atom. The molecule has 0 aromatic carbocycles. The third-order valence-electron chi connectivity index (χ3n) is 4.15. The SMILES string of the molecule is CCNC1CCOCC1Cc1ncc(C)c(OC)c1C. The Kier molecular flexibility index (Phi) is 5.38. The molecule has 2 atom stereocenters. The van der Waals surface area contributed by atoms with Crippen molar-refractivity contribution in [2.75, 3.05) is 26.9 Å². The lowest BCUT2D eigenvalue weighted by Crippen LogP contribution is -2.43. The summed E-state index contributed by atoms with van der Waals surface area (Å²) >= 11 is 0. The van der Waals surface area contributed by atoms with E-state index >= 15 is 0 Å². The fourth-order valence-electron chi connectivity index (χ4n) is 3.05. The van der Waals surface area contributed by atoms with E-state index in [-0.39, 0.29) is 0 Å². The molecule has 1 N–H and O–H groups in total. The summed E-state index contributed by atoms with van der Waals surface area (Å²) in [6.07, 6.45) is 3.94. The minimum Gasteiger partial charge on any atom is -0.496 e. The van der Waals surface area contributed by atoms with Crippen LogP contribution in [0.1, 0.15) is 30.2 Å². The molecule has 112 valence electrons. The Hall–Kier alpha value is -1.13. The third kappa shape index (κ3) is 3.30. The first-order valence-corrected chi connectivity index (χ1v) is 7.47. The topological polar surface area (TPSA) is 43.4 Å². The largest absolute Gasteiger partial charge is 0.496 e. The lowest BCUT2D eigenvalue weighted by molar-refractivity contribution is 0.0322. The summed E-state index contributed by atoms with van der Waals surface area (Å²) in [4.78, 5) is 4.61. The quantitative estimate of drug-likeness (QED) is 0.897. The molecule has 0 saturated carbocycles. The van der Waals surface area contributed by atoms with Gasteiger partial charge in [-0.2, -0.15) is 0 Å². The molecule has 0 radical (unpaired) electrons. The monoisotopic (exact) mass is 278 g/mol. The van der Waals surface area contributed by atoms with Gasteiger partial charge in [-0.05, 0) is 33.2 Å². The van der Waals surface area contributed by atoms with E-state index in [1.165, 1.54) is 0 Å². The van der Waals surface area contributed by atoms with Crippen LogP contribution < -0.4 is 10.1 Å². The Balaban J connectivity index is 2.16. The van der Waals surface area contributed by atoms with Crippen LogP contribution in [0.4, 0.5) is 0 Å². The van der Waals surface area contributed by atoms with Gasteiger partial charge in [0.2, 0.25) is 0 Å². The molecule has 0 spiro atoms. The van der Waals surface area contributed by atoms with Crippen LogP contribution in [-0.4, -0.2) is 37.9 Å². The highest BCUT2D eigenvalue weighted by atomic mass is 16.5. The van der Waals surface area contributed by atoms with E-state index in [1.807, 2.05) is 13.1 Å². The van der Waals surface area contributed by atoms with Crippen LogP contribution in [0.2, 0.25) is 0 Å². The molecule has 4 nitrogen and oxygen atoms in total. The molecule has 0 aliphatic carbocycles. The maximum Gasteiger partial charge on any atom is 0.128 e. The van der Waals surface area contributed by atoms with Crippen LogP contribution >= 0.6 is 0 Å². The number of nitrogens with zero attached hydrogens (tertiary/aromatic N) is 1. The average Bonchev–Trinajstić information content (AvgIpc) is 2.45. The van der Waals surface area contributed by atoms with Crippen LogP contribution in [0.25, 0.3) is 0 Å². The van der Waals surface area contributed by atoms with Gasteiger partial charge in [0.15, 0.2) is 0 Å². The van der Waals surface area contributed by atoms with Crippen molar-refractivity contribution in [3.05, 3.63) is 23.0 Å². The smallest absolute Gasteiger partial charge is 0.128 e. The van der Waals surface area contributed by atoms with Crippen molar-refractivity contribution in [3.63, 3.8) is 0 Å². The predicted octanol–water partition coefficient (Wildman–Crippen LogP) is 2.26. The van der Waals surface area contributed by atoms with Gasteiger partial charge in [-0.25, -0.2) is 0 Å². The second-order valence-corrected chi connectivity index (χ2v) is 5.54. The number of ether oxygens (including phenoxy) is 2. The maximum absolute atomic E-state index is 5.65. The third-order valence-corrected chi connectivity index (χ3v) is 4.15. The highest BCUT2D eigenvalue weighted by Gasteiger charge is 2.26. The van der Waals surface area contributed by atoms with Crippen molar-refractivity contribution in [1.29, 1.82) is 0 Å². The number of methoxy groups -OCH3 is 1. The van der Waals surface area contributed by atoms with E-state index in [0.29, 0.717) is 12.0 Å². The standard InChI is InChI=1S/C16H26N2O2/c1-5-17-14-6-7-20-10-13(14)8-15-12(3)16(19-4)11(2)9-18-15/h9,13-14,17H,5-8,10H2,1-4H3. The number of rotatable bonds is 5. The molecular weight excluding hydrogens is 252 g/mol. The number of hydrogen-bond donors (Lipinski definition) is 1. The second kappa shape index (κ2) is 7.04. The van der Waals surface area contributed by atoms with Gasteiger partial charge in [0.1, 0.15) is 5.75 Å². The minimum atomic E-state index is 0.488. The van der Waals surface area contributed by atoms with E-state index in [2.05, 4.69) is 24.1 Å². The van der Waals surface area contributed by atoms with Gasteiger partial charge in [-0.1, -0.05) is 6.92 Å². The van der Waals surface area contributed by atoms with Gasteiger partial charge < -0.3 is 14.8 Å². The minimum absolute atomic E-state index is 0.488. The fraction of sp³-hybridized carbons (Fsp3) is 0.688. The van der Waals surface area contributed by atoms with Crippen LogP contribution in [0, 0.1) is 19.8 Å². The summed E-state index contributed by atoms with van der Waals surface area (Å²) in [6.45, 7) is 8.97. The Bertz CT molecular complexity index is 446. The van der Waals surface area contributed by atoms with E-state index < -0.39 is 0 Å². The molecule has 1 aliphatic heterocycles. The summed E-state index contributed by atoms with van der Waals surface area (Å²) in [5, 5.41) is 3.58. The van der Waals surface area contributed by atoms with Crippen LogP contribution in [0.5, 0.6) is 5.75 Å². The van der Waals surface area contributed by atoms with Crippen LogP contribution in [0.3, 0.4) is 0 Å². The zero-order valence-electron chi connectivity index (χ0n) is 13.0. The number of hydrogen-bond acceptors (Lipinski definition) is 4. The van der Waals surface area contributed by atoms with Crippen molar-refractivity contribution >= 4 is 0 Å². The second-order valence-electron chi connectivity index (χ2n) is 5.54. The fourth-order valence-corrected chi connectivity index (χ4v) is 3.05. The van der Waals surface area contributed by atoms with E-state index in [0.717, 1.165) is 55.2 Å². The summed E-state index contributed by atoms with van der Waals surface area (Å²) in [7, 11) is 1.73. The highest BCUT2D eigenvalue weighted by molar-refractivity contribution is 5.41. The van der Waals surface area contributed by atoms with Gasteiger partial charge >= 0.3 is 0 Å². The van der Waals surface area contributed by atoms with Crippen molar-refractivity contribution in [3.8, 4) is 5.75 Å². The molecule has 2 unspecified atom stereocenters. The molecule has 4 heteroatoms. The Morgan fingerprint density at radius 1 is 1.45 bits per heavy atom. The summed E-state index contributed by atoms with van der Waals surface area (Å²) in [6, 6.07) is 0.530.